The number of benzene rings is 3. The lowest BCUT2D eigenvalue weighted by Gasteiger charge is -2.24. The second-order valence-electron chi connectivity index (χ2n) is 9.30. The van der Waals surface area contributed by atoms with Crippen LogP contribution in [0.2, 0.25) is 5.02 Å². The van der Waals surface area contributed by atoms with Crippen molar-refractivity contribution in [2.24, 2.45) is 0 Å². The van der Waals surface area contributed by atoms with Crippen LogP contribution in [0.5, 0.6) is 0 Å². The predicted octanol–water partition coefficient (Wildman–Crippen LogP) is 4.36. The molecule has 3 aromatic carbocycles. The molecule has 0 amide bonds. The minimum Gasteiger partial charge on any atom is -0.392 e. The van der Waals surface area contributed by atoms with E-state index in [1.807, 2.05) is 0 Å². The van der Waals surface area contributed by atoms with Crippen LogP contribution in [0.1, 0.15) is 22.6 Å². The number of anilines is 1. The van der Waals surface area contributed by atoms with Crippen molar-refractivity contribution in [2.45, 2.75) is 24.6 Å². The highest BCUT2D eigenvalue weighted by Crippen LogP contribution is 2.38. The Hall–Kier alpha value is -3.75. The molecule has 0 aliphatic carbocycles. The summed E-state index contributed by atoms with van der Waals surface area (Å²) in [4.78, 5) is 3.32. The molecule has 4 aromatic rings. The van der Waals surface area contributed by atoms with E-state index in [-0.39, 0.29) is 21.8 Å². The summed E-state index contributed by atoms with van der Waals surface area (Å²) in [5, 5.41) is 11.7. The highest BCUT2D eigenvalue weighted by molar-refractivity contribution is 7.90. The van der Waals surface area contributed by atoms with Gasteiger partial charge in [0.2, 0.25) is 0 Å². The number of nitrogens with zero attached hydrogens (tertiary/aromatic N) is 3. The number of hydrazine groups is 1. The van der Waals surface area contributed by atoms with E-state index in [1.165, 1.54) is 29.7 Å². The maximum absolute atomic E-state index is 15.0. The van der Waals surface area contributed by atoms with Crippen molar-refractivity contribution in [3.8, 4) is 16.8 Å². The third kappa shape index (κ3) is 5.59. The zero-order chi connectivity index (χ0) is 29.7. The van der Waals surface area contributed by atoms with Crippen molar-refractivity contribution in [3.05, 3.63) is 100 Å². The summed E-state index contributed by atoms with van der Waals surface area (Å²) in [5.74, 6) is -0.838. The number of alkyl halides is 3. The molecule has 1 aliphatic heterocycles. The van der Waals surface area contributed by atoms with Gasteiger partial charge in [-0.15, -0.1) is 0 Å². The van der Waals surface area contributed by atoms with Gasteiger partial charge in [0.05, 0.1) is 22.9 Å². The zero-order valence-electron chi connectivity index (χ0n) is 21.5. The molecular formula is C27H23ClF4N5O3S+. The number of aromatic nitrogens is 2. The number of aliphatic hydroxyl groups excluding tert-OH is 1. The van der Waals surface area contributed by atoms with Gasteiger partial charge >= 0.3 is 6.18 Å². The molecule has 0 atom stereocenters. The van der Waals surface area contributed by atoms with E-state index in [0.29, 0.717) is 27.7 Å². The van der Waals surface area contributed by atoms with Crippen molar-refractivity contribution in [1.29, 1.82) is 0 Å². The SMILES string of the molecule is Cc1nc(C(F)(F)F)cn1-c1ccc(-c2cc(F)c(CO)c(S(C)(=O)=O)c2)cc1N1N[NH2+]C=C1c1ccc(Cl)cc1. The van der Waals surface area contributed by atoms with Gasteiger partial charge in [0, 0.05) is 28.6 Å². The summed E-state index contributed by atoms with van der Waals surface area (Å²) in [7, 11) is -3.91. The molecule has 8 nitrogen and oxygen atoms in total. The van der Waals surface area contributed by atoms with E-state index in [1.54, 1.807) is 47.0 Å². The Labute approximate surface area is 237 Å². The quantitative estimate of drug-likeness (QED) is 0.222. The van der Waals surface area contributed by atoms with E-state index in [4.69, 9.17) is 11.6 Å². The molecule has 0 fully saturated rings. The fraction of sp³-hybridized carbons (Fsp3) is 0.148. The molecule has 0 unspecified atom stereocenters. The van der Waals surface area contributed by atoms with Crippen molar-refractivity contribution < 1.29 is 36.5 Å². The molecule has 0 radical (unpaired) electrons. The number of imidazole rings is 1. The summed E-state index contributed by atoms with van der Waals surface area (Å²) in [6.45, 7) is 0.622. The molecule has 0 bridgehead atoms. The van der Waals surface area contributed by atoms with Crippen LogP contribution in [0.25, 0.3) is 22.5 Å². The predicted molar refractivity (Wildman–Crippen MR) is 145 cm³/mol. The maximum Gasteiger partial charge on any atom is 0.434 e. The number of hydrogen-bond acceptors (Lipinski definition) is 6. The smallest absolute Gasteiger partial charge is 0.392 e. The Morgan fingerprint density at radius 1 is 1.02 bits per heavy atom. The molecule has 5 rings (SSSR count). The van der Waals surface area contributed by atoms with Crippen molar-refractivity contribution in [1.82, 2.24) is 15.1 Å². The monoisotopic (exact) mass is 608 g/mol. The van der Waals surface area contributed by atoms with E-state index in [0.717, 1.165) is 24.1 Å². The van der Waals surface area contributed by atoms with E-state index < -0.39 is 34.1 Å². The molecule has 0 saturated heterocycles. The average molecular weight is 609 g/mol. The topological polar surface area (TPSA) is 104 Å². The first-order valence-corrected chi connectivity index (χ1v) is 14.3. The molecule has 1 aromatic heterocycles. The first-order chi connectivity index (χ1) is 19.3. The molecule has 4 N–H and O–H groups in total. The van der Waals surface area contributed by atoms with Crippen molar-refractivity contribution in [2.75, 3.05) is 11.3 Å². The van der Waals surface area contributed by atoms with Crippen LogP contribution in [-0.4, -0.2) is 29.3 Å². The minimum absolute atomic E-state index is 0.0734. The molecule has 1 aliphatic rings. The first kappa shape index (κ1) is 28.8. The van der Waals surface area contributed by atoms with Gasteiger partial charge in [0.1, 0.15) is 23.5 Å². The third-order valence-electron chi connectivity index (χ3n) is 6.52. The van der Waals surface area contributed by atoms with E-state index in [2.05, 4.69) is 10.5 Å². The molecule has 14 heteroatoms. The Kier molecular flexibility index (Phi) is 7.42. The largest absolute Gasteiger partial charge is 0.434 e. The number of nitrogens with one attached hydrogen (secondary N) is 1. The average Bonchev–Trinajstić information content (AvgIpc) is 3.55. The fourth-order valence-electron chi connectivity index (χ4n) is 4.58. The highest BCUT2D eigenvalue weighted by Gasteiger charge is 2.35. The molecular weight excluding hydrogens is 586 g/mol. The van der Waals surface area contributed by atoms with Crippen molar-refractivity contribution in [3.63, 3.8) is 0 Å². The second-order valence-corrected chi connectivity index (χ2v) is 11.7. The minimum atomic E-state index is -4.67. The maximum atomic E-state index is 15.0. The first-order valence-electron chi connectivity index (χ1n) is 12.0. The summed E-state index contributed by atoms with van der Waals surface area (Å²) >= 11 is 6.05. The lowest BCUT2D eigenvalue weighted by atomic mass is 10.0. The van der Waals surface area contributed by atoms with Gasteiger partial charge in [-0.25, -0.2) is 28.2 Å². The van der Waals surface area contributed by atoms with Gasteiger partial charge in [-0.05, 0) is 54.4 Å². The van der Waals surface area contributed by atoms with Crippen LogP contribution >= 0.6 is 11.6 Å². The number of aliphatic hydroxyl groups is 1. The van der Waals surface area contributed by atoms with Gasteiger partial charge < -0.3 is 9.67 Å². The molecule has 0 saturated carbocycles. The Morgan fingerprint density at radius 2 is 1.71 bits per heavy atom. The van der Waals surface area contributed by atoms with Crippen LogP contribution in [0.4, 0.5) is 23.2 Å². The summed E-state index contributed by atoms with van der Waals surface area (Å²) in [5.41, 5.74) is 5.88. The molecule has 2 heterocycles. The number of halogens is 5. The lowest BCUT2D eigenvalue weighted by molar-refractivity contribution is -0.640. The number of sulfone groups is 1. The van der Waals surface area contributed by atoms with Crippen LogP contribution < -0.4 is 16.0 Å². The number of nitrogens with two attached hydrogens (primary N) is 1. The van der Waals surface area contributed by atoms with E-state index >= 15 is 0 Å². The van der Waals surface area contributed by atoms with Crippen LogP contribution in [0.15, 0.2) is 71.9 Å². The molecule has 41 heavy (non-hydrogen) atoms. The zero-order valence-corrected chi connectivity index (χ0v) is 23.1. The number of rotatable bonds is 6. The molecule has 0 spiro atoms. The Morgan fingerprint density at radius 3 is 2.32 bits per heavy atom. The van der Waals surface area contributed by atoms with Gasteiger partial charge in [-0.2, -0.15) is 13.2 Å². The summed E-state index contributed by atoms with van der Waals surface area (Å²) in [6, 6.07) is 14.0. The highest BCUT2D eigenvalue weighted by atomic mass is 35.5. The van der Waals surface area contributed by atoms with Crippen LogP contribution in [0, 0.1) is 12.7 Å². The van der Waals surface area contributed by atoms with Gasteiger partial charge in [-0.3, -0.25) is 0 Å². The molecule has 214 valence electrons. The van der Waals surface area contributed by atoms with Gasteiger partial charge in [-0.1, -0.05) is 35.3 Å². The standard InChI is InChI=1S/C27H22ClF4N5O3S/c1-15-34-26(27(30,31)32)13-36(15)22-8-5-17(18-9-21(29)20(14-38)25(11-18)41(2,39)40)10-23(22)37-24(12-33-35-37)16-3-6-19(28)7-4-16/h3-13,33,35,38H,14H2,1-2H3/p+1. The lowest BCUT2D eigenvalue weighted by Crippen LogP contribution is -2.87. The Balaban J connectivity index is 1.72. The van der Waals surface area contributed by atoms with Gasteiger partial charge in [0.25, 0.3) is 0 Å². The summed E-state index contributed by atoms with van der Waals surface area (Å²) < 4.78 is 81.6. The normalized spacial score (nSPS) is 14.0. The Bertz CT molecular complexity index is 1790. The number of hydrogen-bond donors (Lipinski definition) is 3. The fourth-order valence-corrected chi connectivity index (χ4v) is 5.66. The van der Waals surface area contributed by atoms with Crippen LogP contribution in [-0.2, 0) is 22.6 Å². The van der Waals surface area contributed by atoms with Crippen molar-refractivity contribution >= 4 is 32.8 Å². The number of quaternary nitrogens is 1. The van der Waals surface area contributed by atoms with E-state index in [9.17, 15) is 31.1 Å². The number of aryl methyl sites for hydroxylation is 1. The second kappa shape index (κ2) is 10.6. The third-order valence-corrected chi connectivity index (χ3v) is 7.93. The van der Waals surface area contributed by atoms with Gasteiger partial charge in [0.15, 0.2) is 15.5 Å². The van der Waals surface area contributed by atoms with Crippen LogP contribution in [0.3, 0.4) is 0 Å². The summed E-state index contributed by atoms with van der Waals surface area (Å²) in [6.07, 6.45) is -1.11.